The van der Waals surface area contributed by atoms with Crippen molar-refractivity contribution in [1.82, 2.24) is 0 Å². The van der Waals surface area contributed by atoms with Gasteiger partial charge >= 0.3 is 0 Å². The maximum Gasteiger partial charge on any atom is 0.282 e. The third kappa shape index (κ3) is 1.95. The van der Waals surface area contributed by atoms with Gasteiger partial charge in [0.1, 0.15) is 6.07 Å². The molecule has 1 aliphatic heterocycles. The van der Waals surface area contributed by atoms with E-state index in [9.17, 15) is 8.78 Å². The average molecular weight is 273 g/mol. The van der Waals surface area contributed by atoms with Gasteiger partial charge in [0.2, 0.25) is 0 Å². The summed E-state index contributed by atoms with van der Waals surface area (Å²) in [6.45, 7) is -0.489. The van der Waals surface area contributed by atoms with Crippen molar-refractivity contribution in [2.45, 2.75) is 5.92 Å². The van der Waals surface area contributed by atoms with Crippen LogP contribution in [0.4, 0.5) is 14.5 Å². The number of nitrogens with zero attached hydrogens (tertiary/aromatic N) is 2. The number of hydrogen-bond donors (Lipinski definition) is 0. The Morgan fingerprint density at radius 1 is 1.40 bits per heavy atom. The maximum atomic E-state index is 12.6. The lowest BCUT2D eigenvalue weighted by Gasteiger charge is -2.40. The van der Waals surface area contributed by atoms with Crippen molar-refractivity contribution < 1.29 is 8.78 Å². The predicted molar refractivity (Wildman–Crippen MR) is 56.0 cm³/mol. The summed E-state index contributed by atoms with van der Waals surface area (Å²) in [5, 5.41) is 8.69. The first-order valence-corrected chi connectivity index (χ1v) is 5.13. The second-order valence-corrected chi connectivity index (χ2v) is 4.34. The van der Waals surface area contributed by atoms with Crippen molar-refractivity contribution in [3.63, 3.8) is 0 Å². The zero-order valence-electron chi connectivity index (χ0n) is 7.67. The van der Waals surface area contributed by atoms with Gasteiger partial charge in [0.05, 0.1) is 18.7 Å². The summed E-state index contributed by atoms with van der Waals surface area (Å²) in [5.41, 5.74) is 1.22. The number of rotatable bonds is 1. The molecule has 0 bridgehead atoms. The molecule has 1 saturated heterocycles. The third-order valence-electron chi connectivity index (χ3n) is 2.28. The van der Waals surface area contributed by atoms with Crippen molar-refractivity contribution in [3.05, 3.63) is 28.2 Å². The van der Waals surface area contributed by atoms with E-state index in [1.807, 2.05) is 6.07 Å². The zero-order chi connectivity index (χ0) is 11.1. The second kappa shape index (κ2) is 3.46. The summed E-state index contributed by atoms with van der Waals surface area (Å²) in [5.74, 6) is -2.57. The van der Waals surface area contributed by atoms with Gasteiger partial charge in [0, 0.05) is 10.2 Å². The first-order valence-electron chi connectivity index (χ1n) is 4.34. The molecule has 0 spiro atoms. The van der Waals surface area contributed by atoms with Gasteiger partial charge in [-0.2, -0.15) is 5.26 Å². The minimum Gasteiger partial charge on any atom is -0.359 e. The molecule has 0 amide bonds. The quantitative estimate of drug-likeness (QED) is 0.786. The van der Waals surface area contributed by atoms with Crippen molar-refractivity contribution in [2.24, 2.45) is 0 Å². The molecule has 1 heterocycles. The van der Waals surface area contributed by atoms with Gasteiger partial charge in [0.25, 0.3) is 5.92 Å². The summed E-state index contributed by atoms with van der Waals surface area (Å²) in [7, 11) is 0. The highest BCUT2D eigenvalue weighted by Crippen LogP contribution is 2.33. The first kappa shape index (κ1) is 10.4. The number of anilines is 1. The maximum absolute atomic E-state index is 12.6. The number of halogens is 3. The molecule has 1 aromatic carbocycles. The molecular weight excluding hydrogens is 266 g/mol. The van der Waals surface area contributed by atoms with Crippen LogP contribution in [0.25, 0.3) is 0 Å². The Balaban J connectivity index is 2.19. The van der Waals surface area contributed by atoms with Crippen LogP contribution in [0, 0.1) is 11.3 Å². The van der Waals surface area contributed by atoms with E-state index in [0.717, 1.165) is 0 Å². The summed E-state index contributed by atoms with van der Waals surface area (Å²) in [4.78, 5) is 1.58. The number of alkyl halides is 2. The van der Waals surface area contributed by atoms with E-state index >= 15 is 0 Å². The van der Waals surface area contributed by atoms with E-state index in [2.05, 4.69) is 15.9 Å². The lowest BCUT2D eigenvalue weighted by molar-refractivity contribution is -0.0262. The molecule has 0 N–H and O–H groups in total. The smallest absolute Gasteiger partial charge is 0.282 e. The molecule has 15 heavy (non-hydrogen) atoms. The number of benzene rings is 1. The Hall–Kier alpha value is -1.15. The van der Waals surface area contributed by atoms with Crippen LogP contribution in [0.1, 0.15) is 5.56 Å². The summed E-state index contributed by atoms with van der Waals surface area (Å²) >= 11 is 3.22. The SMILES string of the molecule is N#Cc1ccc(N2CC(F)(F)C2)cc1Br. The molecule has 1 aromatic rings. The highest BCUT2D eigenvalue weighted by atomic mass is 79.9. The van der Waals surface area contributed by atoms with Crippen LogP contribution in [0.15, 0.2) is 22.7 Å². The Labute approximate surface area is 94.2 Å². The topological polar surface area (TPSA) is 27.0 Å². The molecule has 2 nitrogen and oxygen atoms in total. The van der Waals surface area contributed by atoms with Crippen LogP contribution in [-0.4, -0.2) is 19.0 Å². The first-order chi connectivity index (χ1) is 7.02. The lowest BCUT2D eigenvalue weighted by atomic mass is 10.1. The van der Waals surface area contributed by atoms with Crippen molar-refractivity contribution in [3.8, 4) is 6.07 Å². The van der Waals surface area contributed by atoms with E-state index in [1.165, 1.54) is 0 Å². The highest BCUT2D eigenvalue weighted by Gasteiger charge is 2.43. The molecule has 0 unspecified atom stereocenters. The normalized spacial score (nSPS) is 18.1. The fourth-order valence-electron chi connectivity index (χ4n) is 1.49. The van der Waals surface area contributed by atoms with Gasteiger partial charge < -0.3 is 4.90 Å². The van der Waals surface area contributed by atoms with E-state index in [-0.39, 0.29) is 13.1 Å². The molecule has 1 fully saturated rings. The van der Waals surface area contributed by atoms with Gasteiger partial charge in [0.15, 0.2) is 0 Å². The highest BCUT2D eigenvalue weighted by molar-refractivity contribution is 9.10. The molecule has 0 aliphatic carbocycles. The minimum atomic E-state index is -2.57. The van der Waals surface area contributed by atoms with Crippen LogP contribution >= 0.6 is 15.9 Å². The fraction of sp³-hybridized carbons (Fsp3) is 0.300. The standard InChI is InChI=1S/C10H7BrF2N2/c11-9-3-8(2-1-7(9)4-14)15-5-10(12,13)6-15/h1-3H,5-6H2. The zero-order valence-corrected chi connectivity index (χ0v) is 9.26. The molecular formula is C10H7BrF2N2. The molecule has 1 aliphatic rings. The Morgan fingerprint density at radius 2 is 2.07 bits per heavy atom. The Bertz CT molecular complexity index is 432. The van der Waals surface area contributed by atoms with Crippen LogP contribution in [0.5, 0.6) is 0 Å². The van der Waals surface area contributed by atoms with E-state index < -0.39 is 5.92 Å². The molecule has 2 rings (SSSR count). The Morgan fingerprint density at radius 3 is 2.53 bits per heavy atom. The van der Waals surface area contributed by atoms with Crippen LogP contribution in [-0.2, 0) is 0 Å². The molecule has 0 radical (unpaired) electrons. The minimum absolute atomic E-state index is 0.245. The molecule has 0 saturated carbocycles. The average Bonchev–Trinajstić information content (AvgIpc) is 2.14. The third-order valence-corrected chi connectivity index (χ3v) is 2.94. The van der Waals surface area contributed by atoms with Crippen LogP contribution < -0.4 is 4.90 Å². The van der Waals surface area contributed by atoms with E-state index in [4.69, 9.17) is 5.26 Å². The largest absolute Gasteiger partial charge is 0.359 e. The number of hydrogen-bond acceptors (Lipinski definition) is 2. The molecule has 0 atom stereocenters. The van der Waals surface area contributed by atoms with Gasteiger partial charge in [-0.25, -0.2) is 8.78 Å². The van der Waals surface area contributed by atoms with Crippen LogP contribution in [0.2, 0.25) is 0 Å². The van der Waals surface area contributed by atoms with E-state index in [1.54, 1.807) is 23.1 Å². The lowest BCUT2D eigenvalue weighted by Crippen LogP contribution is -2.56. The summed E-state index contributed by atoms with van der Waals surface area (Å²) in [6.07, 6.45) is 0. The van der Waals surface area contributed by atoms with Gasteiger partial charge in [-0.1, -0.05) is 0 Å². The van der Waals surface area contributed by atoms with Crippen molar-refractivity contribution in [2.75, 3.05) is 18.0 Å². The van der Waals surface area contributed by atoms with E-state index in [0.29, 0.717) is 15.7 Å². The van der Waals surface area contributed by atoms with Crippen LogP contribution in [0.3, 0.4) is 0 Å². The number of nitriles is 1. The van der Waals surface area contributed by atoms with Gasteiger partial charge in [-0.05, 0) is 34.1 Å². The fourth-order valence-corrected chi connectivity index (χ4v) is 1.94. The Kier molecular flexibility index (Phi) is 2.39. The van der Waals surface area contributed by atoms with Crippen molar-refractivity contribution >= 4 is 21.6 Å². The predicted octanol–water partition coefficient (Wildman–Crippen LogP) is 2.78. The van der Waals surface area contributed by atoms with Gasteiger partial charge in [-0.15, -0.1) is 0 Å². The summed E-state index contributed by atoms with van der Waals surface area (Å²) in [6, 6.07) is 6.99. The second-order valence-electron chi connectivity index (χ2n) is 3.49. The summed E-state index contributed by atoms with van der Waals surface area (Å²) < 4.78 is 25.9. The molecule has 78 valence electrons. The van der Waals surface area contributed by atoms with Crippen molar-refractivity contribution in [1.29, 1.82) is 5.26 Å². The van der Waals surface area contributed by atoms with Gasteiger partial charge in [-0.3, -0.25) is 0 Å². The molecule has 0 aromatic heterocycles. The monoisotopic (exact) mass is 272 g/mol. The molecule has 5 heteroatoms.